The molecule has 0 radical (unpaired) electrons. The summed E-state index contributed by atoms with van der Waals surface area (Å²) in [6, 6.07) is 10.1. The van der Waals surface area contributed by atoms with Crippen molar-refractivity contribution in [3.05, 3.63) is 35.9 Å². The maximum absolute atomic E-state index is 9.81. The van der Waals surface area contributed by atoms with Gasteiger partial charge < -0.3 is 19.0 Å². The van der Waals surface area contributed by atoms with E-state index in [9.17, 15) is 5.11 Å². The zero-order chi connectivity index (χ0) is 17.1. The molecule has 1 heterocycles. The highest BCUT2D eigenvalue weighted by atomic mass is 28.4. The van der Waals surface area contributed by atoms with E-state index < -0.39 is 14.6 Å². The lowest BCUT2D eigenvalue weighted by Crippen LogP contribution is -2.44. The summed E-state index contributed by atoms with van der Waals surface area (Å²) in [5.41, 5.74) is 1.12. The summed E-state index contributed by atoms with van der Waals surface area (Å²) in [7, 11) is -1.83. The number of aliphatic hydroxyl groups excluding tert-OH is 1. The summed E-state index contributed by atoms with van der Waals surface area (Å²) in [5.74, 6) is 0. The standard InChI is InChI=1S/C18H30O4Si/c1-18(2,3)23(4,5)21-13-16-15(11-17(19)22-16)20-12-14-9-7-6-8-10-14/h6-10,15-17,19H,11-13H2,1-5H3/t15-,16+,17-/m0/s1. The Hall–Kier alpha value is -0.723. The average Bonchev–Trinajstić information content (AvgIpc) is 2.83. The van der Waals surface area contributed by atoms with E-state index in [4.69, 9.17) is 13.9 Å². The third kappa shape index (κ3) is 5.13. The Morgan fingerprint density at radius 2 is 1.87 bits per heavy atom. The van der Waals surface area contributed by atoms with Crippen LogP contribution in [0.5, 0.6) is 0 Å². The van der Waals surface area contributed by atoms with Crippen molar-refractivity contribution >= 4 is 8.32 Å². The molecule has 0 spiro atoms. The van der Waals surface area contributed by atoms with Crippen molar-refractivity contribution in [2.45, 2.75) is 70.4 Å². The number of benzene rings is 1. The lowest BCUT2D eigenvalue weighted by atomic mass is 10.2. The third-order valence-electron chi connectivity index (χ3n) is 4.90. The summed E-state index contributed by atoms with van der Waals surface area (Å²) >= 11 is 0. The van der Waals surface area contributed by atoms with E-state index in [-0.39, 0.29) is 17.2 Å². The Kier molecular flexibility index (Phi) is 6.03. The van der Waals surface area contributed by atoms with Gasteiger partial charge in [-0.25, -0.2) is 0 Å². The van der Waals surface area contributed by atoms with Crippen molar-refractivity contribution in [2.75, 3.05) is 6.61 Å². The molecular formula is C18H30O4Si. The van der Waals surface area contributed by atoms with Crippen LogP contribution in [-0.4, -0.2) is 38.5 Å². The van der Waals surface area contributed by atoms with Gasteiger partial charge in [0.15, 0.2) is 14.6 Å². The lowest BCUT2D eigenvalue weighted by Gasteiger charge is -2.37. The highest BCUT2D eigenvalue weighted by molar-refractivity contribution is 6.74. The Labute approximate surface area is 140 Å². The fourth-order valence-electron chi connectivity index (χ4n) is 2.30. The van der Waals surface area contributed by atoms with Gasteiger partial charge in [0.25, 0.3) is 0 Å². The van der Waals surface area contributed by atoms with Gasteiger partial charge in [0.05, 0.1) is 19.3 Å². The first kappa shape index (κ1) is 18.6. The fraction of sp³-hybridized carbons (Fsp3) is 0.667. The molecule has 1 aliphatic heterocycles. The van der Waals surface area contributed by atoms with Crippen LogP contribution in [0.2, 0.25) is 18.1 Å². The van der Waals surface area contributed by atoms with E-state index in [0.717, 1.165) is 5.56 Å². The van der Waals surface area contributed by atoms with Crippen LogP contribution in [0, 0.1) is 0 Å². The van der Waals surface area contributed by atoms with E-state index in [1.165, 1.54) is 0 Å². The highest BCUT2D eigenvalue weighted by Crippen LogP contribution is 2.37. The zero-order valence-corrected chi connectivity index (χ0v) is 15.9. The van der Waals surface area contributed by atoms with Crippen LogP contribution in [0.4, 0.5) is 0 Å². The molecular weight excluding hydrogens is 308 g/mol. The number of hydrogen-bond acceptors (Lipinski definition) is 4. The summed E-state index contributed by atoms with van der Waals surface area (Å²) in [5, 5.41) is 9.97. The molecule has 0 bridgehead atoms. The number of hydrogen-bond donors (Lipinski definition) is 1. The van der Waals surface area contributed by atoms with Crippen LogP contribution in [-0.2, 0) is 20.5 Å². The molecule has 130 valence electrons. The SMILES string of the molecule is CC(C)(C)[Si](C)(C)OC[C@H]1O[C@H](O)C[C@@H]1OCc1ccccc1. The van der Waals surface area contributed by atoms with Crippen molar-refractivity contribution in [1.29, 1.82) is 0 Å². The molecule has 1 saturated heterocycles. The normalized spacial score (nSPS) is 25.7. The van der Waals surface area contributed by atoms with Gasteiger partial charge in [-0.3, -0.25) is 0 Å². The lowest BCUT2D eigenvalue weighted by molar-refractivity contribution is -0.111. The van der Waals surface area contributed by atoms with Gasteiger partial charge in [-0.1, -0.05) is 51.1 Å². The van der Waals surface area contributed by atoms with Gasteiger partial charge in [0.2, 0.25) is 0 Å². The quantitative estimate of drug-likeness (QED) is 0.804. The first-order valence-electron chi connectivity index (χ1n) is 8.32. The molecule has 0 aliphatic carbocycles. The third-order valence-corrected chi connectivity index (χ3v) is 9.40. The molecule has 1 aromatic carbocycles. The molecule has 1 N–H and O–H groups in total. The molecule has 1 aromatic rings. The average molecular weight is 339 g/mol. The molecule has 1 fully saturated rings. The number of aliphatic hydroxyl groups is 1. The van der Waals surface area contributed by atoms with Crippen LogP contribution in [0.3, 0.4) is 0 Å². The summed E-state index contributed by atoms with van der Waals surface area (Å²) < 4.78 is 17.8. The largest absolute Gasteiger partial charge is 0.414 e. The van der Waals surface area contributed by atoms with Gasteiger partial charge in [0.1, 0.15) is 6.10 Å². The minimum Gasteiger partial charge on any atom is -0.414 e. The molecule has 1 aliphatic rings. The molecule has 5 heteroatoms. The second-order valence-electron chi connectivity index (χ2n) is 7.77. The van der Waals surface area contributed by atoms with Crippen molar-refractivity contribution in [3.8, 4) is 0 Å². The van der Waals surface area contributed by atoms with Gasteiger partial charge in [0, 0.05) is 6.42 Å². The monoisotopic (exact) mass is 338 g/mol. The second-order valence-corrected chi connectivity index (χ2v) is 12.6. The minimum atomic E-state index is -1.83. The Balaban J connectivity index is 1.89. The Bertz CT molecular complexity index is 484. The summed E-state index contributed by atoms with van der Waals surface area (Å²) in [6.45, 7) is 12.1. The van der Waals surface area contributed by atoms with Crippen LogP contribution in [0.1, 0.15) is 32.8 Å². The van der Waals surface area contributed by atoms with Crippen LogP contribution in [0.25, 0.3) is 0 Å². The molecule has 3 atom stereocenters. The van der Waals surface area contributed by atoms with Gasteiger partial charge in [-0.15, -0.1) is 0 Å². The molecule has 0 saturated carbocycles. The van der Waals surface area contributed by atoms with Crippen molar-refractivity contribution in [2.24, 2.45) is 0 Å². The maximum Gasteiger partial charge on any atom is 0.192 e. The Morgan fingerprint density at radius 1 is 1.22 bits per heavy atom. The molecule has 4 nitrogen and oxygen atoms in total. The van der Waals surface area contributed by atoms with Gasteiger partial charge in [-0.2, -0.15) is 0 Å². The van der Waals surface area contributed by atoms with Crippen LogP contribution in [0.15, 0.2) is 30.3 Å². The smallest absolute Gasteiger partial charge is 0.192 e. The minimum absolute atomic E-state index is 0.130. The van der Waals surface area contributed by atoms with E-state index in [0.29, 0.717) is 19.6 Å². The van der Waals surface area contributed by atoms with Crippen LogP contribution < -0.4 is 0 Å². The van der Waals surface area contributed by atoms with Gasteiger partial charge in [-0.05, 0) is 23.7 Å². The topological polar surface area (TPSA) is 47.9 Å². The molecule has 0 aromatic heterocycles. The van der Waals surface area contributed by atoms with Gasteiger partial charge >= 0.3 is 0 Å². The molecule has 2 rings (SSSR count). The highest BCUT2D eigenvalue weighted by Gasteiger charge is 2.41. The molecule has 0 unspecified atom stereocenters. The summed E-state index contributed by atoms with van der Waals surface area (Å²) in [4.78, 5) is 0. The number of rotatable bonds is 6. The fourth-order valence-corrected chi connectivity index (χ4v) is 3.32. The summed E-state index contributed by atoms with van der Waals surface area (Å²) in [6.07, 6.45) is -0.597. The van der Waals surface area contributed by atoms with Crippen molar-refractivity contribution in [1.82, 2.24) is 0 Å². The van der Waals surface area contributed by atoms with E-state index in [2.05, 4.69) is 33.9 Å². The maximum atomic E-state index is 9.81. The van der Waals surface area contributed by atoms with Crippen LogP contribution >= 0.6 is 0 Å². The first-order valence-corrected chi connectivity index (χ1v) is 11.2. The zero-order valence-electron chi connectivity index (χ0n) is 14.9. The predicted octanol–water partition coefficient (Wildman–Crippen LogP) is 3.70. The van der Waals surface area contributed by atoms with E-state index in [1.54, 1.807) is 0 Å². The second kappa shape index (κ2) is 7.45. The first-order chi connectivity index (χ1) is 10.7. The predicted molar refractivity (Wildman–Crippen MR) is 93.7 cm³/mol. The molecule has 0 amide bonds. The molecule has 23 heavy (non-hydrogen) atoms. The number of ether oxygens (including phenoxy) is 2. The van der Waals surface area contributed by atoms with Crippen molar-refractivity contribution < 1.29 is 19.0 Å². The van der Waals surface area contributed by atoms with Crippen molar-refractivity contribution in [3.63, 3.8) is 0 Å². The van der Waals surface area contributed by atoms with E-state index >= 15 is 0 Å². The van der Waals surface area contributed by atoms with E-state index in [1.807, 2.05) is 30.3 Å². The Morgan fingerprint density at radius 3 is 2.48 bits per heavy atom.